The van der Waals surface area contributed by atoms with Gasteiger partial charge in [0.25, 0.3) is 0 Å². The number of hydrogen-bond acceptors (Lipinski definition) is 1. The number of carbonyl (C=O) groups is 1. The summed E-state index contributed by atoms with van der Waals surface area (Å²) in [5.74, 6) is 0.433. The second kappa shape index (κ2) is 4.21. The summed E-state index contributed by atoms with van der Waals surface area (Å²) in [5, 5.41) is 0.135. The van der Waals surface area contributed by atoms with Gasteiger partial charge >= 0.3 is 0 Å². The third kappa shape index (κ3) is 2.22. The Hall–Kier alpha value is -0.240. The number of hydrogen-bond donors (Lipinski definition) is 0. The highest BCUT2D eigenvalue weighted by Crippen LogP contribution is 2.68. The molecule has 0 saturated heterocycles. The molecule has 16 heavy (non-hydrogen) atoms. The quantitative estimate of drug-likeness (QED) is 0.697. The van der Waals surface area contributed by atoms with Crippen LogP contribution in [0.1, 0.15) is 41.0 Å². The first-order chi connectivity index (χ1) is 7.12. The van der Waals surface area contributed by atoms with Crippen molar-refractivity contribution in [3.63, 3.8) is 0 Å². The monoisotopic (exact) mass is 245 g/mol. The number of carbonyl (C=O) groups excluding carboxylic acids is 1. The van der Waals surface area contributed by atoms with Gasteiger partial charge in [-0.1, -0.05) is 27.7 Å². The van der Waals surface area contributed by atoms with Crippen molar-refractivity contribution in [1.82, 2.24) is 4.90 Å². The summed E-state index contributed by atoms with van der Waals surface area (Å²) in [6, 6.07) is 0. The van der Waals surface area contributed by atoms with Gasteiger partial charge < -0.3 is 4.90 Å². The van der Waals surface area contributed by atoms with Crippen molar-refractivity contribution in [3.05, 3.63) is 0 Å². The van der Waals surface area contributed by atoms with E-state index >= 15 is 0 Å². The van der Waals surface area contributed by atoms with E-state index < -0.39 is 0 Å². The molecule has 0 N–H and O–H groups in total. The zero-order valence-corrected chi connectivity index (χ0v) is 12.1. The van der Waals surface area contributed by atoms with E-state index in [1.165, 1.54) is 0 Å². The molecule has 0 aromatic heterocycles. The second-order valence-corrected chi connectivity index (χ2v) is 6.95. The molecule has 94 valence electrons. The first-order valence-electron chi connectivity index (χ1n) is 6.01. The van der Waals surface area contributed by atoms with Crippen molar-refractivity contribution in [2.45, 2.75) is 46.4 Å². The Bertz CT molecular complexity index is 270. The molecule has 1 aliphatic carbocycles. The Labute approximate surface area is 104 Å². The van der Waals surface area contributed by atoms with E-state index in [9.17, 15) is 4.79 Å². The summed E-state index contributed by atoms with van der Waals surface area (Å²) in [6.07, 6.45) is 0.859. The maximum atomic E-state index is 12.2. The average molecular weight is 246 g/mol. The molecule has 1 amide bonds. The van der Waals surface area contributed by atoms with Gasteiger partial charge in [-0.15, -0.1) is 11.6 Å². The minimum atomic E-state index is 0.130. The summed E-state index contributed by atoms with van der Waals surface area (Å²) in [7, 11) is 1.88. The molecule has 0 heterocycles. The lowest BCUT2D eigenvalue weighted by Gasteiger charge is -2.19. The van der Waals surface area contributed by atoms with Crippen LogP contribution in [0.15, 0.2) is 0 Å². The summed E-state index contributed by atoms with van der Waals surface area (Å²) in [4.78, 5) is 14.1. The van der Waals surface area contributed by atoms with Gasteiger partial charge in [-0.25, -0.2) is 0 Å². The first-order valence-corrected chi connectivity index (χ1v) is 6.45. The van der Waals surface area contributed by atoms with Crippen molar-refractivity contribution in [2.75, 3.05) is 13.6 Å². The minimum Gasteiger partial charge on any atom is -0.345 e. The predicted octanol–water partition coefficient (Wildman–Crippen LogP) is 3.14. The average Bonchev–Trinajstić information content (AvgIpc) is 2.52. The molecule has 1 unspecified atom stereocenters. The number of halogens is 1. The van der Waals surface area contributed by atoms with Gasteiger partial charge in [0, 0.05) is 24.9 Å². The number of rotatable bonds is 4. The van der Waals surface area contributed by atoms with E-state index in [0.29, 0.717) is 0 Å². The molecular formula is C13H24ClNO. The van der Waals surface area contributed by atoms with Gasteiger partial charge in [-0.2, -0.15) is 0 Å². The third-order valence-electron chi connectivity index (χ3n) is 4.51. The van der Waals surface area contributed by atoms with Crippen LogP contribution in [0, 0.1) is 16.7 Å². The predicted molar refractivity (Wildman–Crippen MR) is 68.6 cm³/mol. The van der Waals surface area contributed by atoms with Crippen molar-refractivity contribution in [1.29, 1.82) is 0 Å². The van der Waals surface area contributed by atoms with Crippen molar-refractivity contribution < 1.29 is 4.79 Å². The lowest BCUT2D eigenvalue weighted by molar-refractivity contribution is -0.132. The summed E-state index contributed by atoms with van der Waals surface area (Å²) < 4.78 is 0. The second-order valence-electron chi connectivity index (χ2n) is 6.21. The van der Waals surface area contributed by atoms with E-state index in [4.69, 9.17) is 11.6 Å². The van der Waals surface area contributed by atoms with Crippen LogP contribution >= 0.6 is 11.6 Å². The molecule has 1 fully saturated rings. The van der Waals surface area contributed by atoms with Gasteiger partial charge in [0.05, 0.1) is 0 Å². The molecule has 0 spiro atoms. The third-order valence-corrected chi connectivity index (χ3v) is 4.72. The Morgan fingerprint density at radius 3 is 2.06 bits per heavy atom. The van der Waals surface area contributed by atoms with Crippen LogP contribution in [-0.4, -0.2) is 29.8 Å². The SMILES string of the molecule is CC(Cl)CCN(C)C(=O)C1C(C)(C)C1(C)C. The molecule has 3 heteroatoms. The van der Waals surface area contributed by atoms with Gasteiger partial charge in [0.2, 0.25) is 5.91 Å². The Kier molecular flexibility index (Phi) is 3.64. The number of amides is 1. The highest BCUT2D eigenvalue weighted by molar-refractivity contribution is 6.20. The molecule has 0 bridgehead atoms. The highest BCUT2D eigenvalue weighted by Gasteiger charge is 2.68. The molecule has 1 aliphatic rings. The Morgan fingerprint density at radius 2 is 1.75 bits per heavy atom. The van der Waals surface area contributed by atoms with E-state index in [-0.39, 0.29) is 28.0 Å². The van der Waals surface area contributed by atoms with Gasteiger partial charge in [0.15, 0.2) is 0 Å². The molecule has 2 nitrogen and oxygen atoms in total. The minimum absolute atomic E-state index is 0.130. The van der Waals surface area contributed by atoms with Crippen LogP contribution in [0.2, 0.25) is 0 Å². The molecule has 0 aliphatic heterocycles. The maximum Gasteiger partial charge on any atom is 0.226 e. The molecular weight excluding hydrogens is 222 g/mol. The van der Waals surface area contributed by atoms with Crippen LogP contribution in [0.4, 0.5) is 0 Å². The van der Waals surface area contributed by atoms with E-state index in [1.54, 1.807) is 0 Å². The van der Waals surface area contributed by atoms with Gasteiger partial charge in [-0.05, 0) is 24.2 Å². The smallest absolute Gasteiger partial charge is 0.226 e. The summed E-state index contributed by atoms with van der Waals surface area (Å²) >= 11 is 5.90. The first kappa shape index (κ1) is 13.8. The molecule has 0 aromatic rings. The maximum absolute atomic E-state index is 12.2. The lowest BCUT2D eigenvalue weighted by atomic mass is 10.0. The van der Waals surface area contributed by atoms with Crippen LogP contribution in [0.5, 0.6) is 0 Å². The molecule has 1 atom stereocenters. The number of alkyl halides is 1. The topological polar surface area (TPSA) is 20.3 Å². The van der Waals surface area contributed by atoms with E-state index in [1.807, 2.05) is 18.9 Å². The highest BCUT2D eigenvalue weighted by atomic mass is 35.5. The van der Waals surface area contributed by atoms with E-state index in [0.717, 1.165) is 13.0 Å². The van der Waals surface area contributed by atoms with Crippen LogP contribution in [0.3, 0.4) is 0 Å². The normalized spacial score (nSPS) is 23.9. The summed E-state index contributed by atoms with van der Waals surface area (Å²) in [6.45, 7) is 11.4. The standard InChI is InChI=1S/C13H24ClNO/c1-9(14)7-8-15(6)11(16)10-12(2,3)13(10,4)5/h9-10H,7-8H2,1-6H3. The van der Waals surface area contributed by atoms with Gasteiger partial charge in [0.1, 0.15) is 0 Å². The van der Waals surface area contributed by atoms with Crippen molar-refractivity contribution in [2.24, 2.45) is 16.7 Å². The Morgan fingerprint density at radius 1 is 1.31 bits per heavy atom. The molecule has 1 saturated carbocycles. The van der Waals surface area contributed by atoms with Crippen LogP contribution < -0.4 is 0 Å². The van der Waals surface area contributed by atoms with Crippen molar-refractivity contribution >= 4 is 17.5 Å². The molecule has 0 radical (unpaired) electrons. The fraction of sp³-hybridized carbons (Fsp3) is 0.923. The fourth-order valence-corrected chi connectivity index (χ4v) is 2.61. The zero-order chi connectivity index (χ0) is 12.7. The lowest BCUT2D eigenvalue weighted by Crippen LogP contribution is -2.31. The van der Waals surface area contributed by atoms with E-state index in [2.05, 4.69) is 27.7 Å². The molecule has 1 rings (SSSR count). The Balaban J connectivity index is 2.54. The van der Waals surface area contributed by atoms with Crippen LogP contribution in [-0.2, 0) is 4.79 Å². The zero-order valence-electron chi connectivity index (χ0n) is 11.3. The largest absolute Gasteiger partial charge is 0.345 e. The van der Waals surface area contributed by atoms with Crippen LogP contribution in [0.25, 0.3) is 0 Å². The van der Waals surface area contributed by atoms with Crippen molar-refractivity contribution in [3.8, 4) is 0 Å². The molecule has 0 aromatic carbocycles. The van der Waals surface area contributed by atoms with Gasteiger partial charge in [-0.3, -0.25) is 4.79 Å². The number of nitrogens with zero attached hydrogens (tertiary/aromatic N) is 1. The fourth-order valence-electron chi connectivity index (χ4n) is 2.52. The summed E-state index contributed by atoms with van der Waals surface area (Å²) in [5.41, 5.74) is 0.260.